The van der Waals surface area contributed by atoms with Crippen molar-refractivity contribution in [3.8, 4) is 44.5 Å². The van der Waals surface area contributed by atoms with Crippen molar-refractivity contribution >= 4 is 38.6 Å². The molecule has 11 aromatic rings. The predicted molar refractivity (Wildman–Crippen MR) is 282 cm³/mol. The monoisotopic (exact) mass is 853 g/mol. The minimum atomic E-state index is -0.338. The van der Waals surface area contributed by atoms with E-state index in [1.165, 1.54) is 99.4 Å². The summed E-state index contributed by atoms with van der Waals surface area (Å²) in [6.45, 7) is 4.82. The van der Waals surface area contributed by atoms with Crippen LogP contribution in [0.4, 0.5) is 17.1 Å². The van der Waals surface area contributed by atoms with E-state index in [1.54, 1.807) is 0 Å². The Morgan fingerprint density at radius 3 is 1.07 bits per heavy atom. The molecule has 1 nitrogen and oxygen atoms in total. The van der Waals surface area contributed by atoms with Crippen molar-refractivity contribution in [3.05, 3.63) is 282 Å². The molecule has 0 saturated carbocycles. The second-order valence-electron chi connectivity index (χ2n) is 18.6. The molecular weight excluding hydrogens is 807 g/mol. The number of anilines is 3. The quantitative estimate of drug-likeness (QED) is 0.144. The lowest BCUT2D eigenvalue weighted by Crippen LogP contribution is -2.23. The number of fused-ring (bicyclic) bond motifs is 9. The lowest BCUT2D eigenvalue weighted by Gasteiger charge is -2.32. The molecule has 316 valence electrons. The van der Waals surface area contributed by atoms with Crippen molar-refractivity contribution in [1.82, 2.24) is 0 Å². The molecule has 0 bridgehead atoms. The molecule has 0 saturated heterocycles. The van der Waals surface area contributed by atoms with Gasteiger partial charge in [0.25, 0.3) is 0 Å². The van der Waals surface area contributed by atoms with Gasteiger partial charge in [0.05, 0.1) is 0 Å². The lowest BCUT2D eigenvalue weighted by molar-refractivity contribution is 0.713. The smallest absolute Gasteiger partial charge is 0.0465 e. The van der Waals surface area contributed by atoms with Crippen LogP contribution in [0.15, 0.2) is 249 Å². The van der Waals surface area contributed by atoms with Crippen molar-refractivity contribution in [3.63, 3.8) is 0 Å². The Morgan fingerprint density at radius 2 is 0.612 bits per heavy atom. The molecule has 67 heavy (non-hydrogen) atoms. The Balaban J connectivity index is 1.04. The molecule has 1 heteroatoms. The van der Waals surface area contributed by atoms with Crippen molar-refractivity contribution in [2.75, 3.05) is 4.90 Å². The maximum absolute atomic E-state index is 2.49. The topological polar surface area (TPSA) is 3.24 Å². The van der Waals surface area contributed by atoms with E-state index in [4.69, 9.17) is 0 Å². The maximum Gasteiger partial charge on any atom is 0.0465 e. The van der Waals surface area contributed by atoms with Gasteiger partial charge in [0.15, 0.2) is 0 Å². The zero-order chi connectivity index (χ0) is 44.7. The van der Waals surface area contributed by atoms with E-state index in [0.717, 1.165) is 17.1 Å². The summed E-state index contributed by atoms with van der Waals surface area (Å²) in [6, 6.07) is 92.5. The first-order valence-corrected chi connectivity index (χ1v) is 23.5. The SMILES string of the molecule is CC1(c2ccccc2)c2ccccc2-c2ccc(N(c3ccc(-c4c(-c5ccccc5)c5ccccc5c5ccccc45)cc3)c3ccc4c(c3)C(C)(c3ccccc3)c3ccccc3-4)cc21. The number of hydrogen-bond acceptors (Lipinski definition) is 1. The second-order valence-corrected chi connectivity index (χ2v) is 18.6. The first kappa shape index (κ1) is 39.1. The summed E-state index contributed by atoms with van der Waals surface area (Å²) in [5, 5.41) is 5.04. The molecule has 0 fully saturated rings. The average molecular weight is 854 g/mol. The molecule has 2 atom stereocenters. The van der Waals surface area contributed by atoms with Gasteiger partial charge < -0.3 is 4.90 Å². The Bertz CT molecular complexity index is 3560. The molecule has 0 aromatic heterocycles. The highest BCUT2D eigenvalue weighted by Crippen LogP contribution is 2.56. The zero-order valence-corrected chi connectivity index (χ0v) is 37.6. The molecule has 2 aliphatic rings. The summed E-state index contributed by atoms with van der Waals surface area (Å²) in [5.41, 5.74) is 20.7. The highest BCUT2D eigenvalue weighted by Gasteiger charge is 2.43. The van der Waals surface area contributed by atoms with Gasteiger partial charge in [-0.25, -0.2) is 0 Å². The van der Waals surface area contributed by atoms with Crippen LogP contribution in [0.25, 0.3) is 66.1 Å². The van der Waals surface area contributed by atoms with Crippen LogP contribution in [0, 0.1) is 0 Å². The Labute approximate surface area is 392 Å². The van der Waals surface area contributed by atoms with Crippen LogP contribution in [0.1, 0.15) is 47.2 Å². The first-order chi connectivity index (χ1) is 33.0. The minimum absolute atomic E-state index is 0.338. The van der Waals surface area contributed by atoms with Gasteiger partial charge >= 0.3 is 0 Å². The zero-order valence-electron chi connectivity index (χ0n) is 37.6. The number of hydrogen-bond donors (Lipinski definition) is 0. The second kappa shape index (κ2) is 15.2. The fourth-order valence-electron chi connectivity index (χ4n) is 12.0. The van der Waals surface area contributed by atoms with Crippen molar-refractivity contribution in [1.29, 1.82) is 0 Å². The predicted octanol–water partition coefficient (Wildman–Crippen LogP) is 17.5. The molecule has 0 aliphatic heterocycles. The Hall–Kier alpha value is -8.26. The van der Waals surface area contributed by atoms with Crippen LogP contribution in [0.2, 0.25) is 0 Å². The minimum Gasteiger partial charge on any atom is -0.310 e. The number of benzene rings is 11. The fraction of sp³-hybridized carbons (Fsp3) is 0.0606. The van der Waals surface area contributed by atoms with E-state index in [0.29, 0.717) is 0 Å². The van der Waals surface area contributed by atoms with Crippen LogP contribution in [0.5, 0.6) is 0 Å². The van der Waals surface area contributed by atoms with E-state index < -0.39 is 0 Å². The third kappa shape index (κ3) is 5.81. The van der Waals surface area contributed by atoms with Crippen molar-refractivity contribution in [2.24, 2.45) is 0 Å². The average Bonchev–Trinajstić information content (AvgIpc) is 3.82. The molecule has 13 rings (SSSR count). The maximum atomic E-state index is 2.49. The van der Waals surface area contributed by atoms with Crippen LogP contribution < -0.4 is 4.90 Å². The van der Waals surface area contributed by atoms with Crippen LogP contribution >= 0.6 is 0 Å². The van der Waals surface area contributed by atoms with E-state index in [9.17, 15) is 0 Å². The third-order valence-corrected chi connectivity index (χ3v) is 15.2. The third-order valence-electron chi connectivity index (χ3n) is 15.2. The van der Waals surface area contributed by atoms with E-state index in [1.807, 2.05) is 0 Å². The van der Waals surface area contributed by atoms with Gasteiger partial charge in [-0.3, -0.25) is 0 Å². The van der Waals surface area contributed by atoms with Crippen molar-refractivity contribution < 1.29 is 0 Å². The first-order valence-electron chi connectivity index (χ1n) is 23.5. The lowest BCUT2D eigenvalue weighted by atomic mass is 9.74. The molecule has 0 radical (unpaired) electrons. The van der Waals surface area contributed by atoms with Gasteiger partial charge in [-0.1, -0.05) is 212 Å². The standard InChI is InChI=1S/C66H47N/c1-65(46-22-8-4-9-23-46)59-32-18-16-28-53(59)55-40-38-49(42-61(55)65)67(50-39-41-56-54-29-17-19-33-60(54)66(2,62(56)43-50)47-24-10-5-11-25-47)48-36-34-45(35-37-48)64-58-31-15-13-27-52(58)51-26-12-14-30-57(51)63(64)44-20-6-3-7-21-44/h3-43H,1-2H3. The molecule has 2 aliphatic carbocycles. The van der Waals surface area contributed by atoms with E-state index in [-0.39, 0.29) is 10.8 Å². The van der Waals surface area contributed by atoms with Gasteiger partial charge in [0.2, 0.25) is 0 Å². The van der Waals surface area contributed by atoms with Gasteiger partial charge in [0, 0.05) is 27.9 Å². The summed E-state index contributed by atoms with van der Waals surface area (Å²) in [7, 11) is 0. The fourth-order valence-corrected chi connectivity index (χ4v) is 12.0. The summed E-state index contributed by atoms with van der Waals surface area (Å²) in [5.74, 6) is 0. The van der Waals surface area contributed by atoms with Gasteiger partial charge in [-0.15, -0.1) is 0 Å². The largest absolute Gasteiger partial charge is 0.310 e. The van der Waals surface area contributed by atoms with Crippen LogP contribution in [-0.4, -0.2) is 0 Å². The number of nitrogens with zero attached hydrogens (tertiary/aromatic N) is 1. The van der Waals surface area contributed by atoms with Crippen LogP contribution in [-0.2, 0) is 10.8 Å². The highest BCUT2D eigenvalue weighted by molar-refractivity contribution is 6.21. The van der Waals surface area contributed by atoms with E-state index in [2.05, 4.69) is 267 Å². The molecular formula is C66H47N. The summed E-state index contributed by atoms with van der Waals surface area (Å²) in [4.78, 5) is 2.49. The normalized spacial score (nSPS) is 16.6. The molecule has 0 heterocycles. The molecule has 0 N–H and O–H groups in total. The van der Waals surface area contributed by atoms with Crippen molar-refractivity contribution in [2.45, 2.75) is 24.7 Å². The summed E-state index contributed by atoms with van der Waals surface area (Å²) in [6.07, 6.45) is 0. The summed E-state index contributed by atoms with van der Waals surface area (Å²) >= 11 is 0. The number of rotatable bonds is 7. The van der Waals surface area contributed by atoms with E-state index >= 15 is 0 Å². The Kier molecular flexibility index (Phi) is 8.85. The Morgan fingerprint density at radius 1 is 0.269 bits per heavy atom. The summed E-state index contributed by atoms with van der Waals surface area (Å²) < 4.78 is 0. The van der Waals surface area contributed by atoms with Gasteiger partial charge in [-0.05, 0) is 150 Å². The van der Waals surface area contributed by atoms with Crippen LogP contribution in [0.3, 0.4) is 0 Å². The molecule has 2 unspecified atom stereocenters. The van der Waals surface area contributed by atoms with Gasteiger partial charge in [-0.2, -0.15) is 0 Å². The highest BCUT2D eigenvalue weighted by atomic mass is 15.1. The molecule has 0 spiro atoms. The molecule has 0 amide bonds. The molecule has 11 aromatic carbocycles. The van der Waals surface area contributed by atoms with Gasteiger partial charge in [0.1, 0.15) is 0 Å².